The normalized spacial score (nSPS) is 11.0. The largest absolute Gasteiger partial charge is 0.346 e. The Labute approximate surface area is 111 Å². The van der Waals surface area contributed by atoms with E-state index in [0.29, 0.717) is 6.54 Å². The van der Waals surface area contributed by atoms with Crippen molar-refractivity contribution in [3.05, 3.63) is 54.9 Å². The summed E-state index contributed by atoms with van der Waals surface area (Å²) in [6.07, 6.45) is 0. The van der Waals surface area contributed by atoms with E-state index in [1.165, 1.54) is 34.0 Å². The standard InChI is InChI=1S/C14H19N3O2/c1-8-6-9(2)11(4)12(10(8)3)7-17-14(19)16(5)13(18)15-17/h6H,7H2,1-5H3,(H,15,18). The average Bonchev–Trinajstić information content (AvgIpc) is 2.60. The molecule has 0 atom stereocenters. The number of rotatable bonds is 2. The van der Waals surface area contributed by atoms with Gasteiger partial charge in [0.15, 0.2) is 0 Å². The molecular formula is C14H19N3O2. The topological polar surface area (TPSA) is 59.8 Å². The summed E-state index contributed by atoms with van der Waals surface area (Å²) in [7, 11) is 1.47. The second-order valence-corrected chi connectivity index (χ2v) is 5.08. The Kier molecular flexibility index (Phi) is 3.22. The van der Waals surface area contributed by atoms with E-state index in [-0.39, 0.29) is 11.4 Å². The lowest BCUT2D eigenvalue weighted by atomic mass is 9.94. The summed E-state index contributed by atoms with van der Waals surface area (Å²) >= 11 is 0. The zero-order valence-electron chi connectivity index (χ0n) is 12.0. The lowest BCUT2D eigenvalue weighted by Gasteiger charge is -2.15. The molecule has 1 aromatic carbocycles. The molecule has 5 heteroatoms. The van der Waals surface area contributed by atoms with Crippen LogP contribution >= 0.6 is 0 Å². The number of aryl methyl sites for hydroxylation is 2. The average molecular weight is 261 g/mol. The number of aromatic nitrogens is 3. The molecule has 0 amide bonds. The second kappa shape index (κ2) is 4.57. The number of nitrogens with one attached hydrogen (secondary N) is 1. The Morgan fingerprint density at radius 2 is 1.58 bits per heavy atom. The van der Waals surface area contributed by atoms with Gasteiger partial charge in [-0.1, -0.05) is 6.07 Å². The highest BCUT2D eigenvalue weighted by Gasteiger charge is 2.12. The molecule has 0 radical (unpaired) electrons. The van der Waals surface area contributed by atoms with Crippen molar-refractivity contribution < 1.29 is 0 Å². The zero-order valence-corrected chi connectivity index (χ0v) is 12.0. The summed E-state index contributed by atoms with van der Waals surface area (Å²) in [5, 5.41) is 2.57. The van der Waals surface area contributed by atoms with E-state index in [0.717, 1.165) is 10.1 Å². The Balaban J connectivity index is 2.58. The van der Waals surface area contributed by atoms with Crippen LogP contribution in [0.4, 0.5) is 0 Å². The first kappa shape index (κ1) is 13.4. The van der Waals surface area contributed by atoms with Crippen LogP contribution in [0.1, 0.15) is 27.8 Å². The quantitative estimate of drug-likeness (QED) is 0.881. The van der Waals surface area contributed by atoms with E-state index in [1.807, 2.05) is 13.8 Å². The van der Waals surface area contributed by atoms with Gasteiger partial charge in [-0.3, -0.25) is 0 Å². The molecule has 19 heavy (non-hydrogen) atoms. The monoisotopic (exact) mass is 261 g/mol. The van der Waals surface area contributed by atoms with Gasteiger partial charge < -0.3 is 0 Å². The minimum Gasteiger partial charge on any atom is -0.246 e. The highest BCUT2D eigenvalue weighted by molar-refractivity contribution is 5.43. The van der Waals surface area contributed by atoms with Crippen LogP contribution in [0.2, 0.25) is 0 Å². The van der Waals surface area contributed by atoms with Crippen LogP contribution in [0.15, 0.2) is 15.7 Å². The maximum Gasteiger partial charge on any atom is 0.346 e. The minimum absolute atomic E-state index is 0.317. The molecule has 0 aliphatic rings. The highest BCUT2D eigenvalue weighted by atomic mass is 16.2. The van der Waals surface area contributed by atoms with Crippen LogP contribution in [0.25, 0.3) is 0 Å². The molecule has 5 nitrogen and oxygen atoms in total. The first-order valence-corrected chi connectivity index (χ1v) is 6.25. The van der Waals surface area contributed by atoms with Crippen molar-refractivity contribution in [3.8, 4) is 0 Å². The number of aromatic amines is 1. The van der Waals surface area contributed by atoms with Gasteiger partial charge in [0.1, 0.15) is 0 Å². The summed E-state index contributed by atoms with van der Waals surface area (Å²) in [5.74, 6) is 0. The van der Waals surface area contributed by atoms with Gasteiger partial charge in [-0.25, -0.2) is 23.9 Å². The summed E-state index contributed by atoms with van der Waals surface area (Å²) < 4.78 is 2.43. The van der Waals surface area contributed by atoms with Crippen molar-refractivity contribution in [2.45, 2.75) is 34.2 Å². The third kappa shape index (κ3) is 2.16. The number of nitrogens with zero attached hydrogens (tertiary/aromatic N) is 2. The van der Waals surface area contributed by atoms with Crippen LogP contribution < -0.4 is 11.4 Å². The van der Waals surface area contributed by atoms with Crippen LogP contribution in [0.3, 0.4) is 0 Å². The molecule has 0 spiro atoms. The third-order valence-electron chi connectivity index (χ3n) is 3.89. The van der Waals surface area contributed by atoms with Gasteiger partial charge in [0, 0.05) is 7.05 Å². The first-order chi connectivity index (χ1) is 8.82. The van der Waals surface area contributed by atoms with Gasteiger partial charge in [0.25, 0.3) is 0 Å². The summed E-state index contributed by atoms with van der Waals surface area (Å²) in [6.45, 7) is 8.60. The predicted octanol–water partition coefficient (Wildman–Crippen LogP) is 1.16. The molecule has 0 bridgehead atoms. The van der Waals surface area contributed by atoms with Crippen LogP contribution in [0, 0.1) is 27.7 Å². The van der Waals surface area contributed by atoms with E-state index in [2.05, 4.69) is 25.0 Å². The van der Waals surface area contributed by atoms with Crippen molar-refractivity contribution >= 4 is 0 Å². The van der Waals surface area contributed by atoms with Gasteiger partial charge in [-0.05, 0) is 55.5 Å². The fourth-order valence-electron chi connectivity index (χ4n) is 2.31. The smallest absolute Gasteiger partial charge is 0.246 e. The van der Waals surface area contributed by atoms with E-state index < -0.39 is 0 Å². The van der Waals surface area contributed by atoms with E-state index in [9.17, 15) is 9.59 Å². The highest BCUT2D eigenvalue weighted by Crippen LogP contribution is 2.21. The van der Waals surface area contributed by atoms with E-state index >= 15 is 0 Å². The molecule has 0 saturated heterocycles. The summed E-state index contributed by atoms with van der Waals surface area (Å²) in [6, 6.07) is 2.14. The van der Waals surface area contributed by atoms with Gasteiger partial charge >= 0.3 is 11.4 Å². The van der Waals surface area contributed by atoms with Crippen molar-refractivity contribution in [1.82, 2.24) is 14.3 Å². The first-order valence-electron chi connectivity index (χ1n) is 6.25. The molecule has 0 unspecified atom stereocenters. The van der Waals surface area contributed by atoms with Crippen molar-refractivity contribution in [3.63, 3.8) is 0 Å². The molecule has 2 aromatic rings. The molecule has 1 heterocycles. The Morgan fingerprint density at radius 3 is 2.00 bits per heavy atom. The minimum atomic E-state index is -0.385. The molecule has 102 valence electrons. The van der Waals surface area contributed by atoms with Crippen LogP contribution in [0.5, 0.6) is 0 Å². The zero-order chi connectivity index (χ0) is 14.3. The van der Waals surface area contributed by atoms with E-state index in [4.69, 9.17) is 0 Å². The van der Waals surface area contributed by atoms with E-state index in [1.54, 1.807) is 0 Å². The van der Waals surface area contributed by atoms with Crippen molar-refractivity contribution in [2.75, 3.05) is 0 Å². The molecule has 1 aromatic heterocycles. The van der Waals surface area contributed by atoms with Crippen LogP contribution in [-0.2, 0) is 13.6 Å². The van der Waals surface area contributed by atoms with Crippen LogP contribution in [-0.4, -0.2) is 14.3 Å². The molecule has 0 saturated carbocycles. The Bertz CT molecular complexity index is 721. The van der Waals surface area contributed by atoms with Gasteiger partial charge in [-0.15, -0.1) is 0 Å². The Hall–Kier alpha value is -2.04. The van der Waals surface area contributed by atoms with Gasteiger partial charge in [0.05, 0.1) is 6.54 Å². The fourth-order valence-corrected chi connectivity index (χ4v) is 2.31. The predicted molar refractivity (Wildman–Crippen MR) is 74.8 cm³/mol. The molecule has 0 fully saturated rings. The third-order valence-corrected chi connectivity index (χ3v) is 3.89. The van der Waals surface area contributed by atoms with Gasteiger partial charge in [-0.2, -0.15) is 0 Å². The summed E-state index contributed by atoms with van der Waals surface area (Å²) in [4.78, 5) is 23.3. The van der Waals surface area contributed by atoms with Gasteiger partial charge in [0.2, 0.25) is 0 Å². The molecule has 0 aliphatic heterocycles. The Morgan fingerprint density at radius 1 is 1.05 bits per heavy atom. The lowest BCUT2D eigenvalue weighted by molar-refractivity contribution is 0.640. The summed E-state index contributed by atoms with van der Waals surface area (Å²) in [5.41, 5.74) is 5.13. The fraction of sp³-hybridized carbons (Fsp3) is 0.429. The molecule has 1 N–H and O–H groups in total. The lowest BCUT2D eigenvalue weighted by Crippen LogP contribution is -2.26. The maximum absolute atomic E-state index is 11.9. The molecular weight excluding hydrogens is 242 g/mol. The number of H-pyrrole nitrogens is 1. The maximum atomic E-state index is 11.9. The molecule has 0 aliphatic carbocycles. The van der Waals surface area contributed by atoms with Crippen molar-refractivity contribution in [2.24, 2.45) is 7.05 Å². The number of hydrogen-bond acceptors (Lipinski definition) is 2. The second-order valence-electron chi connectivity index (χ2n) is 5.08. The SMILES string of the molecule is Cc1cc(C)c(C)c(Cn2[nH]c(=O)n(C)c2=O)c1C. The number of benzene rings is 1. The number of hydrogen-bond donors (Lipinski definition) is 1. The molecule has 2 rings (SSSR count). The van der Waals surface area contributed by atoms with Crippen molar-refractivity contribution in [1.29, 1.82) is 0 Å².